The van der Waals surface area contributed by atoms with Crippen molar-refractivity contribution in [3.63, 3.8) is 0 Å². The van der Waals surface area contributed by atoms with Gasteiger partial charge in [0.05, 0.1) is 0 Å². The van der Waals surface area contributed by atoms with Gasteiger partial charge in [-0.25, -0.2) is 0 Å². The molecule has 0 radical (unpaired) electrons. The molecule has 3 rings (SSSR count). The van der Waals surface area contributed by atoms with Gasteiger partial charge in [-0.2, -0.15) is 0 Å². The van der Waals surface area contributed by atoms with Gasteiger partial charge in [0.1, 0.15) is 0 Å². The Kier molecular flexibility index (Phi) is 4.40. The molecule has 2 fully saturated rings. The Morgan fingerprint density at radius 3 is 2.68 bits per heavy atom. The Hall–Kier alpha value is -0.180. The van der Waals surface area contributed by atoms with Crippen molar-refractivity contribution in [1.29, 1.82) is 0 Å². The Bertz CT molecular complexity index is 334. The number of amidine groups is 1. The number of nitrogens with zero attached hydrogens (tertiary/aromatic N) is 1. The van der Waals surface area contributed by atoms with Gasteiger partial charge in [-0.3, -0.25) is 4.99 Å². The lowest BCUT2D eigenvalue weighted by atomic mass is 9.89. The highest BCUT2D eigenvalue weighted by molar-refractivity contribution is 8.13. The van der Waals surface area contributed by atoms with Crippen molar-refractivity contribution in [1.82, 2.24) is 5.32 Å². The third kappa shape index (κ3) is 3.48. The molecule has 0 aromatic carbocycles. The molecule has 0 bridgehead atoms. The van der Waals surface area contributed by atoms with E-state index in [1.807, 2.05) is 11.8 Å². The number of rotatable bonds is 1. The molecule has 1 heterocycles. The van der Waals surface area contributed by atoms with E-state index >= 15 is 0 Å². The lowest BCUT2D eigenvalue weighted by molar-refractivity contribution is 0.357. The average molecular weight is 280 g/mol. The highest BCUT2D eigenvalue weighted by Crippen LogP contribution is 2.43. The SMILES string of the molecule is CC1CCCC(NC2=NCC3(CCCC3)CS2)CC1. The Morgan fingerprint density at radius 2 is 1.95 bits per heavy atom. The summed E-state index contributed by atoms with van der Waals surface area (Å²) in [7, 11) is 0. The summed E-state index contributed by atoms with van der Waals surface area (Å²) in [5, 5.41) is 4.98. The highest BCUT2D eigenvalue weighted by atomic mass is 32.2. The number of hydrogen-bond donors (Lipinski definition) is 1. The molecule has 3 heteroatoms. The van der Waals surface area contributed by atoms with Crippen molar-refractivity contribution in [2.45, 2.75) is 70.8 Å². The quantitative estimate of drug-likeness (QED) is 0.728. The maximum atomic E-state index is 4.88. The standard InChI is InChI=1S/C16H28N2S/c1-13-5-4-6-14(8-7-13)18-15-17-11-16(12-19-15)9-2-3-10-16/h13-14H,2-12H2,1H3,(H,17,18). The molecule has 2 nitrogen and oxygen atoms in total. The first-order chi connectivity index (χ1) is 9.26. The van der Waals surface area contributed by atoms with Crippen molar-refractivity contribution < 1.29 is 0 Å². The van der Waals surface area contributed by atoms with Gasteiger partial charge >= 0.3 is 0 Å². The molecule has 0 amide bonds. The van der Waals surface area contributed by atoms with Gasteiger partial charge in [0.25, 0.3) is 0 Å². The molecule has 2 atom stereocenters. The lowest BCUT2D eigenvalue weighted by Crippen LogP contribution is -2.38. The molecule has 1 N–H and O–H groups in total. The number of thioether (sulfide) groups is 1. The fourth-order valence-corrected chi connectivity index (χ4v) is 5.10. The smallest absolute Gasteiger partial charge is 0.156 e. The zero-order chi connectivity index (χ0) is 13.1. The van der Waals surface area contributed by atoms with Crippen molar-refractivity contribution in [3.05, 3.63) is 0 Å². The summed E-state index contributed by atoms with van der Waals surface area (Å²) >= 11 is 2.00. The zero-order valence-corrected chi connectivity index (χ0v) is 13.1. The van der Waals surface area contributed by atoms with Gasteiger partial charge in [-0.05, 0) is 43.4 Å². The van der Waals surface area contributed by atoms with Crippen LogP contribution in [0.2, 0.25) is 0 Å². The second-order valence-electron chi connectivity index (χ2n) is 7.07. The minimum atomic E-state index is 0.577. The first kappa shape index (κ1) is 13.8. The third-order valence-corrected chi connectivity index (χ3v) is 6.60. The molecule has 1 spiro atoms. The molecule has 0 aromatic heterocycles. The summed E-state index contributed by atoms with van der Waals surface area (Å²) in [6.07, 6.45) is 12.6. The molecule has 2 saturated carbocycles. The predicted octanol–water partition coefficient (Wildman–Crippen LogP) is 4.21. The van der Waals surface area contributed by atoms with E-state index in [2.05, 4.69) is 12.2 Å². The molecule has 1 aliphatic heterocycles. The van der Waals surface area contributed by atoms with Gasteiger partial charge in [0, 0.05) is 18.3 Å². The van der Waals surface area contributed by atoms with Crippen LogP contribution in [0, 0.1) is 11.3 Å². The summed E-state index contributed by atoms with van der Waals surface area (Å²) in [4.78, 5) is 4.88. The number of aliphatic imine (C=N–C) groups is 1. The Morgan fingerprint density at radius 1 is 1.11 bits per heavy atom. The van der Waals surface area contributed by atoms with E-state index in [-0.39, 0.29) is 0 Å². The molecule has 2 unspecified atom stereocenters. The summed E-state index contributed by atoms with van der Waals surface area (Å²) in [5.41, 5.74) is 0.577. The van der Waals surface area contributed by atoms with E-state index in [1.165, 1.54) is 68.7 Å². The van der Waals surface area contributed by atoms with E-state index in [1.54, 1.807) is 0 Å². The molecule has 108 valence electrons. The summed E-state index contributed by atoms with van der Waals surface area (Å²) < 4.78 is 0. The summed E-state index contributed by atoms with van der Waals surface area (Å²) in [5.74, 6) is 2.23. The van der Waals surface area contributed by atoms with Crippen LogP contribution in [0.4, 0.5) is 0 Å². The fourth-order valence-electron chi connectivity index (χ4n) is 3.87. The normalized spacial score (nSPS) is 34.9. The second-order valence-corrected chi connectivity index (χ2v) is 8.04. The molecule has 19 heavy (non-hydrogen) atoms. The van der Waals surface area contributed by atoms with E-state index in [0.29, 0.717) is 11.5 Å². The molecular formula is C16H28N2S. The van der Waals surface area contributed by atoms with Crippen LogP contribution < -0.4 is 5.32 Å². The number of hydrogen-bond acceptors (Lipinski definition) is 3. The van der Waals surface area contributed by atoms with Gasteiger partial charge in [-0.1, -0.05) is 44.4 Å². The monoisotopic (exact) mass is 280 g/mol. The maximum absolute atomic E-state index is 4.88. The van der Waals surface area contributed by atoms with Crippen LogP contribution in [0.15, 0.2) is 4.99 Å². The number of nitrogens with one attached hydrogen (secondary N) is 1. The maximum Gasteiger partial charge on any atom is 0.156 e. The minimum Gasteiger partial charge on any atom is -0.362 e. The van der Waals surface area contributed by atoms with Crippen LogP contribution in [0.5, 0.6) is 0 Å². The molecule has 3 aliphatic rings. The minimum absolute atomic E-state index is 0.577. The van der Waals surface area contributed by atoms with Crippen LogP contribution >= 0.6 is 11.8 Å². The van der Waals surface area contributed by atoms with E-state index in [0.717, 1.165) is 12.5 Å². The van der Waals surface area contributed by atoms with Crippen LogP contribution in [0.1, 0.15) is 64.7 Å². The average Bonchev–Trinajstić information content (AvgIpc) is 2.77. The first-order valence-electron chi connectivity index (χ1n) is 8.20. The van der Waals surface area contributed by atoms with Crippen LogP contribution in [-0.2, 0) is 0 Å². The Labute approximate surface area is 122 Å². The fraction of sp³-hybridized carbons (Fsp3) is 0.938. The zero-order valence-electron chi connectivity index (χ0n) is 12.3. The highest BCUT2D eigenvalue weighted by Gasteiger charge is 2.36. The van der Waals surface area contributed by atoms with Crippen LogP contribution in [-0.4, -0.2) is 23.5 Å². The van der Waals surface area contributed by atoms with Crippen molar-refractivity contribution in [3.8, 4) is 0 Å². The molecule has 0 saturated heterocycles. The molecule has 0 aromatic rings. The molecule has 2 aliphatic carbocycles. The molecular weight excluding hydrogens is 252 g/mol. The predicted molar refractivity (Wildman–Crippen MR) is 84.8 cm³/mol. The van der Waals surface area contributed by atoms with Gasteiger partial charge in [0.15, 0.2) is 5.17 Å². The summed E-state index contributed by atoms with van der Waals surface area (Å²) in [6.45, 7) is 3.49. The van der Waals surface area contributed by atoms with Gasteiger partial charge in [-0.15, -0.1) is 0 Å². The van der Waals surface area contributed by atoms with E-state index < -0.39 is 0 Å². The second kappa shape index (κ2) is 6.07. The lowest BCUT2D eigenvalue weighted by Gasteiger charge is -2.32. The van der Waals surface area contributed by atoms with Crippen LogP contribution in [0.3, 0.4) is 0 Å². The Balaban J connectivity index is 1.51. The first-order valence-corrected chi connectivity index (χ1v) is 9.18. The van der Waals surface area contributed by atoms with Crippen molar-refractivity contribution >= 4 is 16.9 Å². The van der Waals surface area contributed by atoms with Crippen molar-refractivity contribution in [2.24, 2.45) is 16.3 Å². The summed E-state index contributed by atoms with van der Waals surface area (Å²) in [6, 6.07) is 0.689. The van der Waals surface area contributed by atoms with Gasteiger partial charge in [0.2, 0.25) is 0 Å². The third-order valence-electron chi connectivity index (χ3n) is 5.32. The van der Waals surface area contributed by atoms with E-state index in [9.17, 15) is 0 Å². The van der Waals surface area contributed by atoms with Gasteiger partial charge < -0.3 is 5.32 Å². The van der Waals surface area contributed by atoms with E-state index in [4.69, 9.17) is 4.99 Å². The van der Waals surface area contributed by atoms with Crippen LogP contribution in [0.25, 0.3) is 0 Å². The topological polar surface area (TPSA) is 24.4 Å². The largest absolute Gasteiger partial charge is 0.362 e. The van der Waals surface area contributed by atoms with Crippen molar-refractivity contribution in [2.75, 3.05) is 12.3 Å².